The van der Waals surface area contributed by atoms with Crippen molar-refractivity contribution in [2.24, 2.45) is 11.3 Å². The van der Waals surface area contributed by atoms with Crippen LogP contribution >= 0.6 is 0 Å². The predicted octanol–water partition coefficient (Wildman–Crippen LogP) is 1.55. The van der Waals surface area contributed by atoms with Crippen LogP contribution in [0.25, 0.3) is 0 Å². The molecule has 2 rings (SSSR count). The van der Waals surface area contributed by atoms with Crippen molar-refractivity contribution in [2.45, 2.75) is 51.8 Å². The Morgan fingerprint density at radius 1 is 1.53 bits per heavy atom. The number of hydrogen-bond donors (Lipinski definition) is 1. The van der Waals surface area contributed by atoms with E-state index >= 15 is 0 Å². The molecule has 3 nitrogen and oxygen atoms in total. The molecule has 1 N–H and O–H groups in total. The van der Waals surface area contributed by atoms with Crippen LogP contribution < -0.4 is 5.32 Å². The van der Waals surface area contributed by atoms with E-state index in [0.29, 0.717) is 24.1 Å². The van der Waals surface area contributed by atoms with E-state index in [1.165, 1.54) is 12.8 Å². The minimum Gasteiger partial charge on any atom is -0.377 e. The largest absolute Gasteiger partial charge is 0.377 e. The van der Waals surface area contributed by atoms with Crippen molar-refractivity contribution in [1.29, 1.82) is 0 Å². The Labute approximate surface area is 107 Å². The van der Waals surface area contributed by atoms with Crippen LogP contribution in [0.4, 0.5) is 0 Å². The molecule has 2 aliphatic rings. The molecule has 0 radical (unpaired) electrons. The van der Waals surface area contributed by atoms with Gasteiger partial charge in [0.2, 0.25) is 0 Å². The first kappa shape index (κ1) is 13.5. The monoisotopic (exact) mass is 259 g/mol. The standard InChI is InChI=1S/C13H25NO2S/c1-9(8-17(4)15)14-11-10-6-5-7-16-12(10)13(11,2)3/h9-12,14H,5-8H2,1-4H3. The van der Waals surface area contributed by atoms with E-state index in [0.717, 1.165) is 12.4 Å². The molecule has 1 saturated heterocycles. The first-order valence-electron chi connectivity index (χ1n) is 6.60. The highest BCUT2D eigenvalue weighted by Gasteiger charge is 2.57. The maximum Gasteiger partial charge on any atom is 0.0684 e. The topological polar surface area (TPSA) is 38.3 Å². The second-order valence-corrected chi connectivity index (χ2v) is 7.68. The Balaban J connectivity index is 1.94. The molecular formula is C13H25NO2S. The zero-order chi connectivity index (χ0) is 12.6. The molecule has 1 saturated carbocycles. The third-order valence-corrected chi connectivity index (χ3v) is 5.25. The summed E-state index contributed by atoms with van der Waals surface area (Å²) in [6.45, 7) is 7.62. The second-order valence-electron chi connectivity index (χ2n) is 6.20. The van der Waals surface area contributed by atoms with Gasteiger partial charge in [0.1, 0.15) is 0 Å². The molecule has 1 aliphatic heterocycles. The molecule has 17 heavy (non-hydrogen) atoms. The summed E-state index contributed by atoms with van der Waals surface area (Å²) in [5.74, 6) is 1.40. The maximum absolute atomic E-state index is 11.2. The Hall–Kier alpha value is 0.0700. The predicted molar refractivity (Wildman–Crippen MR) is 71.6 cm³/mol. The van der Waals surface area contributed by atoms with Gasteiger partial charge in [0.15, 0.2) is 0 Å². The molecule has 0 aromatic carbocycles. The second kappa shape index (κ2) is 4.98. The van der Waals surface area contributed by atoms with Crippen LogP contribution in [0.5, 0.6) is 0 Å². The van der Waals surface area contributed by atoms with E-state index in [-0.39, 0.29) is 5.41 Å². The first-order chi connectivity index (χ1) is 7.93. The van der Waals surface area contributed by atoms with Crippen molar-refractivity contribution in [2.75, 3.05) is 18.6 Å². The van der Waals surface area contributed by atoms with Crippen LogP contribution in [0.2, 0.25) is 0 Å². The normalized spacial score (nSPS) is 38.9. The number of hydrogen-bond acceptors (Lipinski definition) is 3. The van der Waals surface area contributed by atoms with Gasteiger partial charge in [-0.05, 0) is 19.8 Å². The van der Waals surface area contributed by atoms with Crippen molar-refractivity contribution < 1.29 is 8.95 Å². The van der Waals surface area contributed by atoms with Gasteiger partial charge in [-0.3, -0.25) is 4.21 Å². The molecule has 100 valence electrons. The van der Waals surface area contributed by atoms with Crippen molar-refractivity contribution in [3.05, 3.63) is 0 Å². The number of nitrogens with one attached hydrogen (secondary N) is 1. The smallest absolute Gasteiger partial charge is 0.0684 e. The fraction of sp³-hybridized carbons (Fsp3) is 1.00. The highest BCUT2D eigenvalue weighted by atomic mass is 32.2. The van der Waals surface area contributed by atoms with Crippen LogP contribution in [0.3, 0.4) is 0 Å². The molecule has 0 spiro atoms. The summed E-state index contributed by atoms with van der Waals surface area (Å²) in [5.41, 5.74) is 0.217. The van der Waals surface area contributed by atoms with Crippen molar-refractivity contribution in [3.8, 4) is 0 Å². The Kier molecular flexibility index (Phi) is 3.96. The Morgan fingerprint density at radius 2 is 2.24 bits per heavy atom. The SMILES string of the molecule is CC(CS(C)=O)NC1C2CCCOC2C1(C)C. The number of ether oxygens (including phenoxy) is 1. The maximum atomic E-state index is 11.2. The number of rotatable bonds is 4. The van der Waals surface area contributed by atoms with E-state index in [1.807, 2.05) is 0 Å². The van der Waals surface area contributed by atoms with E-state index in [9.17, 15) is 4.21 Å². The van der Waals surface area contributed by atoms with E-state index in [4.69, 9.17) is 4.74 Å². The Bertz CT molecular complexity index is 306. The van der Waals surface area contributed by atoms with Crippen molar-refractivity contribution in [1.82, 2.24) is 5.32 Å². The average molecular weight is 259 g/mol. The molecule has 0 bridgehead atoms. The molecule has 4 heteroatoms. The molecule has 0 aromatic rings. The van der Waals surface area contributed by atoms with Crippen LogP contribution in [0.15, 0.2) is 0 Å². The van der Waals surface area contributed by atoms with Gasteiger partial charge in [-0.15, -0.1) is 0 Å². The molecular weight excluding hydrogens is 234 g/mol. The highest BCUT2D eigenvalue weighted by Crippen LogP contribution is 2.51. The van der Waals surface area contributed by atoms with Gasteiger partial charge in [-0.25, -0.2) is 0 Å². The van der Waals surface area contributed by atoms with Crippen LogP contribution in [-0.2, 0) is 15.5 Å². The zero-order valence-electron chi connectivity index (χ0n) is 11.4. The minimum atomic E-state index is -0.718. The fourth-order valence-corrected chi connectivity index (χ4v) is 4.37. The van der Waals surface area contributed by atoms with Crippen LogP contribution in [0.1, 0.15) is 33.6 Å². The lowest BCUT2D eigenvalue weighted by Gasteiger charge is -2.60. The quantitative estimate of drug-likeness (QED) is 0.832. The van der Waals surface area contributed by atoms with Gasteiger partial charge in [0, 0.05) is 52.8 Å². The average Bonchev–Trinajstić information content (AvgIpc) is 2.25. The van der Waals surface area contributed by atoms with Gasteiger partial charge in [-0.1, -0.05) is 13.8 Å². The lowest BCUT2D eigenvalue weighted by atomic mass is 9.55. The summed E-state index contributed by atoms with van der Waals surface area (Å²) >= 11 is 0. The zero-order valence-corrected chi connectivity index (χ0v) is 12.2. The van der Waals surface area contributed by atoms with E-state index in [1.54, 1.807) is 6.26 Å². The van der Waals surface area contributed by atoms with Crippen LogP contribution in [-0.4, -0.2) is 41.0 Å². The number of fused-ring (bicyclic) bond motifs is 1. The lowest BCUT2D eigenvalue weighted by molar-refractivity contribution is -0.193. The van der Waals surface area contributed by atoms with Gasteiger partial charge in [-0.2, -0.15) is 0 Å². The van der Waals surface area contributed by atoms with Crippen molar-refractivity contribution in [3.63, 3.8) is 0 Å². The van der Waals surface area contributed by atoms with Crippen molar-refractivity contribution >= 4 is 10.8 Å². The first-order valence-corrected chi connectivity index (χ1v) is 8.33. The Morgan fingerprint density at radius 3 is 2.88 bits per heavy atom. The third-order valence-electron chi connectivity index (χ3n) is 4.28. The molecule has 0 amide bonds. The molecule has 5 unspecified atom stereocenters. The van der Waals surface area contributed by atoms with Crippen LogP contribution in [0, 0.1) is 11.3 Å². The molecule has 1 heterocycles. The van der Waals surface area contributed by atoms with Gasteiger partial charge < -0.3 is 10.1 Å². The molecule has 2 fully saturated rings. The van der Waals surface area contributed by atoms with Gasteiger partial charge >= 0.3 is 0 Å². The highest BCUT2D eigenvalue weighted by molar-refractivity contribution is 7.84. The summed E-state index contributed by atoms with van der Waals surface area (Å²) in [6, 6.07) is 0.847. The van der Waals surface area contributed by atoms with E-state index < -0.39 is 10.8 Å². The summed E-state index contributed by atoms with van der Waals surface area (Å²) in [6.07, 6.45) is 4.65. The third kappa shape index (κ3) is 2.59. The summed E-state index contributed by atoms with van der Waals surface area (Å²) in [7, 11) is -0.718. The molecule has 1 aliphatic carbocycles. The lowest BCUT2D eigenvalue weighted by Crippen LogP contribution is -2.70. The molecule has 0 aromatic heterocycles. The van der Waals surface area contributed by atoms with Gasteiger partial charge in [0.25, 0.3) is 0 Å². The molecule has 5 atom stereocenters. The summed E-state index contributed by atoms with van der Waals surface area (Å²) < 4.78 is 17.1. The summed E-state index contributed by atoms with van der Waals surface area (Å²) in [5, 5.41) is 3.66. The van der Waals surface area contributed by atoms with E-state index in [2.05, 4.69) is 26.1 Å². The fourth-order valence-electron chi connectivity index (χ4n) is 3.57. The summed E-state index contributed by atoms with van der Waals surface area (Å²) in [4.78, 5) is 0. The minimum absolute atomic E-state index is 0.217. The van der Waals surface area contributed by atoms with Gasteiger partial charge in [0.05, 0.1) is 6.10 Å².